The first-order chi connectivity index (χ1) is 19.0. The number of halogens is 1. The second-order valence-electron chi connectivity index (χ2n) is 9.72. The van der Waals surface area contributed by atoms with E-state index in [1.54, 1.807) is 23.1 Å². The normalized spacial score (nSPS) is 13.0. The molecule has 198 valence electrons. The molecular weight excluding hydrogens is 510 g/mol. The van der Waals surface area contributed by atoms with E-state index in [0.717, 1.165) is 28.3 Å². The average molecular weight is 540 g/mol. The van der Waals surface area contributed by atoms with Crippen LogP contribution in [0.2, 0.25) is 5.02 Å². The highest BCUT2D eigenvalue weighted by Crippen LogP contribution is 2.37. The van der Waals surface area contributed by atoms with E-state index in [1.165, 1.54) is 4.90 Å². The molecular formula is C32H30ClN3O3. The van der Waals surface area contributed by atoms with Crippen molar-refractivity contribution >= 4 is 45.8 Å². The van der Waals surface area contributed by atoms with Gasteiger partial charge >= 0.3 is 0 Å². The minimum Gasteiger partial charge on any atom is -0.354 e. The number of nitrogens with zero attached hydrogens (tertiary/aromatic N) is 2. The molecule has 4 aromatic rings. The highest BCUT2D eigenvalue weighted by atomic mass is 35.5. The van der Waals surface area contributed by atoms with E-state index in [4.69, 9.17) is 11.6 Å². The van der Waals surface area contributed by atoms with Crippen LogP contribution in [0.5, 0.6) is 0 Å². The first kappa shape index (κ1) is 26.4. The monoisotopic (exact) mass is 539 g/mol. The van der Waals surface area contributed by atoms with Gasteiger partial charge in [-0.05, 0) is 47.2 Å². The summed E-state index contributed by atoms with van der Waals surface area (Å²) in [5.74, 6) is -0.742. The molecule has 0 aromatic heterocycles. The molecule has 4 aromatic carbocycles. The second kappa shape index (κ2) is 11.7. The van der Waals surface area contributed by atoms with Gasteiger partial charge in [-0.1, -0.05) is 85.3 Å². The van der Waals surface area contributed by atoms with Crippen molar-refractivity contribution in [3.63, 3.8) is 0 Å². The lowest BCUT2D eigenvalue weighted by molar-refractivity contribution is -0.140. The van der Waals surface area contributed by atoms with Crippen molar-refractivity contribution in [3.05, 3.63) is 113 Å². The summed E-state index contributed by atoms with van der Waals surface area (Å²) in [6, 6.07) is 27.4. The minimum atomic E-state index is -0.766. The van der Waals surface area contributed by atoms with Crippen LogP contribution in [0.4, 0.5) is 5.69 Å². The molecule has 3 amide bonds. The Balaban J connectivity index is 1.50. The number of carbonyl (C=O) groups is 3. The molecule has 1 heterocycles. The summed E-state index contributed by atoms with van der Waals surface area (Å²) in [5.41, 5.74) is 3.08. The van der Waals surface area contributed by atoms with E-state index in [2.05, 4.69) is 5.32 Å². The molecule has 0 fully saturated rings. The molecule has 1 aliphatic rings. The highest BCUT2D eigenvalue weighted by Gasteiger charge is 2.35. The topological polar surface area (TPSA) is 69.7 Å². The number of hydrogen-bond acceptors (Lipinski definition) is 3. The van der Waals surface area contributed by atoms with E-state index in [-0.39, 0.29) is 30.8 Å². The first-order valence-electron chi connectivity index (χ1n) is 13.2. The van der Waals surface area contributed by atoms with Gasteiger partial charge in [-0.15, -0.1) is 0 Å². The van der Waals surface area contributed by atoms with Crippen LogP contribution in [0, 0.1) is 0 Å². The third-order valence-electron chi connectivity index (χ3n) is 7.03. The van der Waals surface area contributed by atoms with Gasteiger partial charge in [0.1, 0.15) is 12.6 Å². The Bertz CT molecular complexity index is 1500. The van der Waals surface area contributed by atoms with Gasteiger partial charge in [-0.2, -0.15) is 0 Å². The van der Waals surface area contributed by atoms with Crippen LogP contribution in [0.3, 0.4) is 0 Å². The van der Waals surface area contributed by atoms with Crippen molar-refractivity contribution in [2.45, 2.75) is 32.4 Å². The molecule has 1 atom stereocenters. The largest absolute Gasteiger partial charge is 0.354 e. The fourth-order valence-electron chi connectivity index (χ4n) is 5.07. The fraction of sp³-hybridized carbons (Fsp3) is 0.219. The van der Waals surface area contributed by atoms with Gasteiger partial charge in [0.05, 0.1) is 5.69 Å². The SMILES string of the molecule is CCCNC(=O)[C@H](Cc1ccccc1)N(Cc1ccc(Cl)cc1)C(=O)CN1C(=O)c2cccc3cccc1c23. The van der Waals surface area contributed by atoms with Crippen LogP contribution >= 0.6 is 11.6 Å². The number of anilines is 1. The van der Waals surface area contributed by atoms with Gasteiger partial charge < -0.3 is 10.2 Å². The number of amides is 3. The quantitative estimate of drug-likeness (QED) is 0.284. The van der Waals surface area contributed by atoms with Crippen LogP contribution < -0.4 is 10.2 Å². The Hall–Kier alpha value is -4.16. The third kappa shape index (κ3) is 5.66. The zero-order valence-electron chi connectivity index (χ0n) is 21.8. The van der Waals surface area contributed by atoms with Crippen molar-refractivity contribution in [2.75, 3.05) is 18.0 Å². The molecule has 1 N–H and O–H groups in total. The maximum atomic E-state index is 14.1. The maximum absolute atomic E-state index is 14.1. The molecule has 6 nitrogen and oxygen atoms in total. The number of hydrogen-bond donors (Lipinski definition) is 1. The highest BCUT2D eigenvalue weighted by molar-refractivity contribution is 6.30. The molecule has 1 aliphatic heterocycles. The summed E-state index contributed by atoms with van der Waals surface area (Å²) in [5, 5.41) is 5.37. The minimum absolute atomic E-state index is 0.174. The zero-order valence-corrected chi connectivity index (χ0v) is 22.5. The van der Waals surface area contributed by atoms with Crippen molar-refractivity contribution in [1.29, 1.82) is 0 Å². The number of carbonyl (C=O) groups excluding carboxylic acids is 3. The third-order valence-corrected chi connectivity index (χ3v) is 7.28. The molecule has 0 bridgehead atoms. The zero-order chi connectivity index (χ0) is 27.4. The van der Waals surface area contributed by atoms with E-state index in [0.29, 0.717) is 29.2 Å². The lowest BCUT2D eigenvalue weighted by Gasteiger charge is -2.33. The molecule has 0 unspecified atom stereocenters. The lowest BCUT2D eigenvalue weighted by Crippen LogP contribution is -2.53. The van der Waals surface area contributed by atoms with Gasteiger partial charge in [0.15, 0.2) is 0 Å². The average Bonchev–Trinajstić information content (AvgIpc) is 3.23. The molecule has 0 saturated carbocycles. The summed E-state index contributed by atoms with van der Waals surface area (Å²) in [4.78, 5) is 44.2. The second-order valence-corrected chi connectivity index (χ2v) is 10.2. The Morgan fingerprint density at radius 2 is 1.62 bits per heavy atom. The number of nitrogens with one attached hydrogen (secondary N) is 1. The van der Waals surface area contributed by atoms with E-state index in [1.807, 2.05) is 79.7 Å². The number of rotatable bonds is 10. The Morgan fingerprint density at radius 3 is 2.33 bits per heavy atom. The van der Waals surface area contributed by atoms with Crippen LogP contribution in [0.25, 0.3) is 10.8 Å². The fourth-order valence-corrected chi connectivity index (χ4v) is 5.19. The smallest absolute Gasteiger partial charge is 0.259 e. The van der Waals surface area contributed by atoms with Gasteiger partial charge in [-0.25, -0.2) is 0 Å². The standard InChI is InChI=1S/C32H30ClN3O3/c1-2-18-34-31(38)28(19-22-8-4-3-5-9-22)35(20-23-14-16-25(33)17-15-23)29(37)21-36-27-13-7-11-24-10-6-12-26(30(24)27)32(36)39/h3-17,28H,2,18-21H2,1H3,(H,34,38)/t28-/m0/s1. The molecule has 0 spiro atoms. The predicted octanol–water partition coefficient (Wildman–Crippen LogP) is 5.62. The summed E-state index contributed by atoms with van der Waals surface area (Å²) in [6.07, 6.45) is 1.12. The lowest BCUT2D eigenvalue weighted by atomic mass is 10.0. The van der Waals surface area contributed by atoms with Crippen molar-refractivity contribution < 1.29 is 14.4 Å². The molecule has 0 aliphatic carbocycles. The van der Waals surface area contributed by atoms with E-state index < -0.39 is 6.04 Å². The van der Waals surface area contributed by atoms with Gasteiger partial charge in [0.2, 0.25) is 11.8 Å². The summed E-state index contributed by atoms with van der Waals surface area (Å²) in [7, 11) is 0. The summed E-state index contributed by atoms with van der Waals surface area (Å²) < 4.78 is 0. The molecule has 7 heteroatoms. The molecule has 5 rings (SSSR count). The number of benzene rings is 4. The van der Waals surface area contributed by atoms with Crippen LogP contribution in [0.1, 0.15) is 34.8 Å². The predicted molar refractivity (Wildman–Crippen MR) is 155 cm³/mol. The Labute approximate surface area is 233 Å². The summed E-state index contributed by atoms with van der Waals surface area (Å²) in [6.45, 7) is 2.52. The maximum Gasteiger partial charge on any atom is 0.259 e. The van der Waals surface area contributed by atoms with Gasteiger partial charge in [0.25, 0.3) is 5.91 Å². The van der Waals surface area contributed by atoms with Crippen molar-refractivity contribution in [2.24, 2.45) is 0 Å². The molecule has 0 radical (unpaired) electrons. The van der Waals surface area contributed by atoms with Crippen molar-refractivity contribution in [3.8, 4) is 0 Å². The van der Waals surface area contributed by atoms with E-state index in [9.17, 15) is 14.4 Å². The van der Waals surface area contributed by atoms with Crippen molar-refractivity contribution in [1.82, 2.24) is 10.2 Å². The van der Waals surface area contributed by atoms with E-state index >= 15 is 0 Å². The van der Waals surface area contributed by atoms with Gasteiger partial charge in [0, 0.05) is 35.5 Å². The molecule has 39 heavy (non-hydrogen) atoms. The molecule has 0 saturated heterocycles. The Morgan fingerprint density at radius 1 is 0.897 bits per heavy atom. The first-order valence-corrected chi connectivity index (χ1v) is 13.5. The Kier molecular flexibility index (Phi) is 7.94. The van der Waals surface area contributed by atoms with Crippen LogP contribution in [0.15, 0.2) is 91.0 Å². The van der Waals surface area contributed by atoms with Gasteiger partial charge in [-0.3, -0.25) is 19.3 Å². The summed E-state index contributed by atoms with van der Waals surface area (Å²) >= 11 is 6.11. The van der Waals surface area contributed by atoms with Crippen LogP contribution in [-0.2, 0) is 22.6 Å². The van der Waals surface area contributed by atoms with Crippen LogP contribution in [-0.4, -0.2) is 41.8 Å².